The van der Waals surface area contributed by atoms with Crippen molar-refractivity contribution in [1.82, 2.24) is 4.90 Å². The van der Waals surface area contributed by atoms with E-state index in [4.69, 9.17) is 5.73 Å². The molecule has 0 bridgehead atoms. The van der Waals surface area contributed by atoms with Crippen molar-refractivity contribution in [3.63, 3.8) is 0 Å². The van der Waals surface area contributed by atoms with Crippen LogP contribution in [0, 0.1) is 0 Å². The predicted molar refractivity (Wildman–Crippen MR) is 77.4 cm³/mol. The summed E-state index contributed by atoms with van der Waals surface area (Å²) in [5, 5.41) is 4.39. The highest BCUT2D eigenvalue weighted by molar-refractivity contribution is 7.07. The molecule has 94 valence electrons. The lowest BCUT2D eigenvalue weighted by Crippen LogP contribution is -2.25. The molecular weight excluding hydrogens is 240 g/mol. The van der Waals surface area contributed by atoms with Crippen LogP contribution in [-0.2, 0) is 13.1 Å². The van der Waals surface area contributed by atoms with Crippen molar-refractivity contribution >= 4 is 17.0 Å². The second kappa shape index (κ2) is 5.12. The number of hydrogen-bond acceptors (Lipinski definition) is 3. The van der Waals surface area contributed by atoms with Gasteiger partial charge in [-0.25, -0.2) is 0 Å². The normalized spacial score (nSPS) is 15.2. The summed E-state index contributed by atoms with van der Waals surface area (Å²) in [7, 11) is 0. The van der Waals surface area contributed by atoms with E-state index in [0.29, 0.717) is 0 Å². The maximum absolute atomic E-state index is 6.04. The maximum Gasteiger partial charge on any atom is 0.0359 e. The van der Waals surface area contributed by atoms with Gasteiger partial charge in [0.25, 0.3) is 0 Å². The Morgan fingerprint density at radius 3 is 2.67 bits per heavy atom. The van der Waals surface area contributed by atoms with Crippen LogP contribution in [0.25, 0.3) is 0 Å². The van der Waals surface area contributed by atoms with E-state index in [1.807, 2.05) is 12.1 Å². The first-order chi connectivity index (χ1) is 8.83. The van der Waals surface area contributed by atoms with E-state index < -0.39 is 0 Å². The summed E-state index contributed by atoms with van der Waals surface area (Å²) in [5.74, 6) is 0. The van der Waals surface area contributed by atoms with Crippen molar-refractivity contribution in [2.45, 2.75) is 32.0 Å². The van der Waals surface area contributed by atoms with Crippen LogP contribution < -0.4 is 5.73 Å². The molecule has 0 aliphatic heterocycles. The Bertz CT molecular complexity index is 503. The van der Waals surface area contributed by atoms with E-state index in [1.54, 1.807) is 11.3 Å². The molecule has 0 spiro atoms. The summed E-state index contributed by atoms with van der Waals surface area (Å²) in [5.41, 5.74) is 9.62. The molecule has 1 aliphatic carbocycles. The zero-order chi connectivity index (χ0) is 12.4. The number of para-hydroxylation sites is 1. The van der Waals surface area contributed by atoms with E-state index in [9.17, 15) is 0 Å². The molecule has 1 fully saturated rings. The number of nitrogen functional groups attached to an aromatic ring is 1. The highest BCUT2D eigenvalue weighted by Gasteiger charge is 2.29. The Hall–Kier alpha value is -1.32. The quantitative estimate of drug-likeness (QED) is 0.832. The van der Waals surface area contributed by atoms with E-state index in [2.05, 4.69) is 33.9 Å². The maximum atomic E-state index is 6.04. The minimum atomic E-state index is 0.754. The van der Waals surface area contributed by atoms with Gasteiger partial charge in [-0.15, -0.1) is 0 Å². The average Bonchev–Trinajstić information content (AvgIpc) is 3.10. The summed E-state index contributed by atoms with van der Waals surface area (Å²) in [4.78, 5) is 2.55. The van der Waals surface area contributed by atoms with E-state index in [0.717, 1.165) is 24.8 Å². The number of nitrogens with zero attached hydrogens (tertiary/aromatic N) is 1. The Morgan fingerprint density at radius 1 is 1.17 bits per heavy atom. The van der Waals surface area contributed by atoms with Gasteiger partial charge in [0, 0.05) is 24.8 Å². The van der Waals surface area contributed by atoms with Crippen molar-refractivity contribution in [2.24, 2.45) is 0 Å². The fraction of sp³-hybridized carbons (Fsp3) is 0.333. The molecule has 0 saturated heterocycles. The van der Waals surface area contributed by atoms with Gasteiger partial charge in [-0.1, -0.05) is 18.2 Å². The second-order valence-corrected chi connectivity index (χ2v) is 5.75. The van der Waals surface area contributed by atoms with Crippen LogP contribution in [0.15, 0.2) is 41.1 Å². The highest BCUT2D eigenvalue weighted by Crippen LogP contribution is 2.31. The lowest BCUT2D eigenvalue weighted by atomic mass is 10.1. The highest BCUT2D eigenvalue weighted by atomic mass is 32.1. The SMILES string of the molecule is Nc1ccccc1CN(Cc1ccsc1)C1CC1. The van der Waals surface area contributed by atoms with Crippen LogP contribution in [0.2, 0.25) is 0 Å². The zero-order valence-corrected chi connectivity index (χ0v) is 11.2. The molecule has 2 nitrogen and oxygen atoms in total. The van der Waals surface area contributed by atoms with Gasteiger partial charge in [0.2, 0.25) is 0 Å². The minimum Gasteiger partial charge on any atom is -0.398 e. The smallest absolute Gasteiger partial charge is 0.0359 e. The number of rotatable bonds is 5. The molecule has 18 heavy (non-hydrogen) atoms. The number of nitrogens with two attached hydrogens (primary N) is 1. The molecule has 3 rings (SSSR count). The van der Waals surface area contributed by atoms with Crippen molar-refractivity contribution in [2.75, 3.05) is 5.73 Å². The fourth-order valence-corrected chi connectivity index (χ4v) is 2.93. The third-order valence-electron chi connectivity index (χ3n) is 3.46. The van der Waals surface area contributed by atoms with Gasteiger partial charge >= 0.3 is 0 Å². The second-order valence-electron chi connectivity index (χ2n) is 4.97. The van der Waals surface area contributed by atoms with Gasteiger partial charge in [-0.3, -0.25) is 4.90 Å². The van der Waals surface area contributed by atoms with Crippen LogP contribution in [0.1, 0.15) is 24.0 Å². The Labute approximate surface area is 112 Å². The molecule has 2 N–H and O–H groups in total. The fourth-order valence-electron chi connectivity index (χ4n) is 2.27. The number of benzene rings is 1. The van der Waals surface area contributed by atoms with Crippen molar-refractivity contribution in [1.29, 1.82) is 0 Å². The van der Waals surface area contributed by atoms with Gasteiger partial charge in [0.15, 0.2) is 0 Å². The third-order valence-corrected chi connectivity index (χ3v) is 4.19. The molecule has 0 unspecified atom stereocenters. The Balaban J connectivity index is 1.73. The van der Waals surface area contributed by atoms with Crippen molar-refractivity contribution < 1.29 is 0 Å². The number of anilines is 1. The van der Waals surface area contributed by atoms with Crippen LogP contribution >= 0.6 is 11.3 Å². The molecule has 1 aromatic carbocycles. The summed E-state index contributed by atoms with van der Waals surface area (Å²) in [6, 6.07) is 11.2. The van der Waals surface area contributed by atoms with Gasteiger partial charge in [0.05, 0.1) is 0 Å². The summed E-state index contributed by atoms with van der Waals surface area (Å²) >= 11 is 1.77. The van der Waals surface area contributed by atoms with Crippen molar-refractivity contribution in [3.05, 3.63) is 52.2 Å². The van der Waals surface area contributed by atoms with Crippen LogP contribution in [-0.4, -0.2) is 10.9 Å². The number of hydrogen-bond donors (Lipinski definition) is 1. The molecule has 1 heterocycles. The minimum absolute atomic E-state index is 0.754. The van der Waals surface area contributed by atoms with Gasteiger partial charge < -0.3 is 5.73 Å². The first kappa shape index (κ1) is 11.8. The summed E-state index contributed by atoms with van der Waals surface area (Å²) < 4.78 is 0. The van der Waals surface area contributed by atoms with E-state index in [-0.39, 0.29) is 0 Å². The molecule has 3 heteroatoms. The zero-order valence-electron chi connectivity index (χ0n) is 10.4. The summed E-state index contributed by atoms with van der Waals surface area (Å²) in [6.45, 7) is 2.01. The largest absolute Gasteiger partial charge is 0.398 e. The van der Waals surface area contributed by atoms with Gasteiger partial charge in [-0.2, -0.15) is 11.3 Å². The molecule has 1 saturated carbocycles. The first-order valence-electron chi connectivity index (χ1n) is 6.41. The van der Waals surface area contributed by atoms with Gasteiger partial charge in [-0.05, 0) is 46.9 Å². The molecule has 1 aliphatic rings. The molecule has 0 amide bonds. The molecular formula is C15H18N2S. The van der Waals surface area contributed by atoms with Crippen LogP contribution in [0.4, 0.5) is 5.69 Å². The predicted octanol–water partition coefficient (Wildman–Crippen LogP) is 3.49. The number of thiophene rings is 1. The molecule has 0 atom stereocenters. The standard InChI is InChI=1S/C15H18N2S/c16-15-4-2-1-3-13(15)10-17(14-5-6-14)9-12-7-8-18-11-12/h1-4,7-8,11,14H,5-6,9-10,16H2. The monoisotopic (exact) mass is 258 g/mol. The van der Waals surface area contributed by atoms with E-state index >= 15 is 0 Å². The first-order valence-corrected chi connectivity index (χ1v) is 7.36. The van der Waals surface area contributed by atoms with Crippen molar-refractivity contribution in [3.8, 4) is 0 Å². The lowest BCUT2D eigenvalue weighted by Gasteiger charge is -2.22. The van der Waals surface area contributed by atoms with Gasteiger partial charge in [0.1, 0.15) is 0 Å². The Kier molecular flexibility index (Phi) is 3.35. The van der Waals surface area contributed by atoms with Crippen LogP contribution in [0.5, 0.6) is 0 Å². The topological polar surface area (TPSA) is 29.3 Å². The molecule has 2 aromatic rings. The lowest BCUT2D eigenvalue weighted by molar-refractivity contribution is 0.246. The molecule has 1 aromatic heterocycles. The average molecular weight is 258 g/mol. The third kappa shape index (κ3) is 2.74. The summed E-state index contributed by atoms with van der Waals surface area (Å²) in [6.07, 6.45) is 2.66. The Morgan fingerprint density at radius 2 is 2.00 bits per heavy atom. The molecule has 0 radical (unpaired) electrons. The van der Waals surface area contributed by atoms with E-state index in [1.165, 1.54) is 24.0 Å². The van der Waals surface area contributed by atoms with Crippen LogP contribution in [0.3, 0.4) is 0 Å².